The van der Waals surface area contributed by atoms with Crippen LogP contribution in [0.2, 0.25) is 0 Å². The van der Waals surface area contributed by atoms with E-state index in [0.29, 0.717) is 23.8 Å². The van der Waals surface area contributed by atoms with Gasteiger partial charge in [0.05, 0.1) is 11.9 Å². The number of nitrogen functional groups attached to an aromatic ring is 1. The minimum atomic E-state index is -0.112. The molecule has 1 aromatic rings. The number of rotatable bonds is 4. The lowest BCUT2D eigenvalue weighted by molar-refractivity contribution is 0.0939. The molecule has 0 aliphatic carbocycles. The van der Waals surface area contributed by atoms with Gasteiger partial charge in [-0.1, -0.05) is 0 Å². The average molecular weight is 254 g/mol. The van der Waals surface area contributed by atoms with Gasteiger partial charge >= 0.3 is 0 Å². The van der Waals surface area contributed by atoms with Gasteiger partial charge in [-0.25, -0.2) is 0 Å². The molecule has 0 radical (unpaired) electrons. The van der Waals surface area contributed by atoms with Crippen LogP contribution in [0.5, 0.6) is 0 Å². The molecule has 0 bridgehead atoms. The van der Waals surface area contributed by atoms with Crippen LogP contribution in [0, 0.1) is 5.92 Å². The van der Waals surface area contributed by atoms with Crippen molar-refractivity contribution in [1.29, 1.82) is 0 Å². The summed E-state index contributed by atoms with van der Waals surface area (Å²) in [5, 5.41) is 7.01. The zero-order valence-corrected chi connectivity index (χ0v) is 10.8. The van der Waals surface area contributed by atoms with E-state index in [1.807, 2.05) is 18.7 Å². The van der Waals surface area contributed by atoms with Crippen molar-refractivity contribution in [3.05, 3.63) is 11.9 Å². The number of carbonyl (C=O) groups is 1. The Morgan fingerprint density at radius 2 is 2.59 bits per heavy atom. The highest BCUT2D eigenvalue weighted by Gasteiger charge is 2.19. The summed E-state index contributed by atoms with van der Waals surface area (Å²) in [6.07, 6.45) is 2.72. The number of nitrogens with one attached hydrogen (secondary N) is 1. The first kappa shape index (κ1) is 12.3. The third-order valence-corrected chi connectivity index (χ3v) is 4.19. The molecule has 0 saturated carbocycles. The number of nitrogens with zero attached hydrogens (tertiary/aromatic N) is 2. The summed E-state index contributed by atoms with van der Waals surface area (Å²) in [6.45, 7) is 3.33. The minimum Gasteiger partial charge on any atom is -0.396 e. The molecule has 2 rings (SSSR count). The van der Waals surface area contributed by atoms with Crippen LogP contribution in [0.25, 0.3) is 0 Å². The lowest BCUT2D eigenvalue weighted by atomic mass is 10.1. The molecule has 0 spiro atoms. The third-order valence-electron chi connectivity index (χ3n) is 2.96. The Bertz CT molecular complexity index is 398. The molecule has 1 unspecified atom stereocenters. The van der Waals surface area contributed by atoms with Crippen LogP contribution in [0.4, 0.5) is 5.69 Å². The van der Waals surface area contributed by atoms with Crippen LogP contribution in [-0.4, -0.2) is 33.7 Å². The van der Waals surface area contributed by atoms with E-state index in [4.69, 9.17) is 5.73 Å². The molecule has 94 valence electrons. The van der Waals surface area contributed by atoms with Crippen molar-refractivity contribution in [2.45, 2.75) is 19.9 Å². The van der Waals surface area contributed by atoms with E-state index < -0.39 is 0 Å². The van der Waals surface area contributed by atoms with Crippen molar-refractivity contribution in [2.24, 2.45) is 5.92 Å². The molecule has 1 saturated heterocycles. The molecular weight excluding hydrogens is 236 g/mol. The Labute approximate surface area is 105 Å². The van der Waals surface area contributed by atoms with Gasteiger partial charge in [0.2, 0.25) is 0 Å². The summed E-state index contributed by atoms with van der Waals surface area (Å²) in [5.74, 6) is 2.83. The Morgan fingerprint density at radius 1 is 1.76 bits per heavy atom. The number of nitrogens with two attached hydrogens (primary N) is 1. The van der Waals surface area contributed by atoms with Gasteiger partial charge in [0.15, 0.2) is 0 Å². The molecule has 6 heteroatoms. The molecule has 1 fully saturated rings. The summed E-state index contributed by atoms with van der Waals surface area (Å²) >= 11 is 1.95. The van der Waals surface area contributed by atoms with Gasteiger partial charge in [0.25, 0.3) is 5.91 Å². The summed E-state index contributed by atoms with van der Waals surface area (Å²) in [6, 6.07) is 0. The minimum absolute atomic E-state index is 0.112. The first-order valence-corrected chi connectivity index (χ1v) is 7.05. The lowest BCUT2D eigenvalue weighted by Gasteiger charge is -2.11. The summed E-state index contributed by atoms with van der Waals surface area (Å²) in [4.78, 5) is 12.0. The number of aromatic nitrogens is 2. The lowest BCUT2D eigenvalue weighted by Crippen LogP contribution is -2.31. The van der Waals surface area contributed by atoms with Crippen molar-refractivity contribution in [3.63, 3.8) is 0 Å². The van der Waals surface area contributed by atoms with Crippen LogP contribution in [-0.2, 0) is 6.54 Å². The maximum absolute atomic E-state index is 12.0. The zero-order chi connectivity index (χ0) is 12.3. The number of hydrogen-bond donors (Lipinski definition) is 2. The van der Waals surface area contributed by atoms with E-state index in [0.717, 1.165) is 12.3 Å². The van der Waals surface area contributed by atoms with Crippen LogP contribution in [0.3, 0.4) is 0 Å². The fraction of sp³-hybridized carbons (Fsp3) is 0.636. The zero-order valence-electron chi connectivity index (χ0n) is 9.98. The molecule has 1 amide bonds. The average Bonchev–Trinajstić information content (AvgIpc) is 2.94. The number of amides is 1. The molecule has 3 N–H and O–H groups in total. The van der Waals surface area contributed by atoms with Crippen molar-refractivity contribution < 1.29 is 4.79 Å². The largest absolute Gasteiger partial charge is 0.396 e. The number of carbonyl (C=O) groups excluding carboxylic acids is 1. The van der Waals surface area contributed by atoms with Crippen LogP contribution in [0.1, 0.15) is 23.8 Å². The van der Waals surface area contributed by atoms with E-state index in [2.05, 4.69) is 10.4 Å². The number of hydrogen-bond acceptors (Lipinski definition) is 4. The molecule has 1 aliphatic rings. The van der Waals surface area contributed by atoms with Crippen molar-refractivity contribution in [3.8, 4) is 0 Å². The summed E-state index contributed by atoms with van der Waals surface area (Å²) in [7, 11) is 0. The molecule has 0 aromatic carbocycles. The van der Waals surface area contributed by atoms with Crippen LogP contribution < -0.4 is 11.1 Å². The van der Waals surface area contributed by atoms with Gasteiger partial charge in [0.1, 0.15) is 5.69 Å². The highest BCUT2D eigenvalue weighted by atomic mass is 32.2. The van der Waals surface area contributed by atoms with E-state index in [1.54, 1.807) is 4.68 Å². The quantitative estimate of drug-likeness (QED) is 0.839. The van der Waals surface area contributed by atoms with E-state index in [1.165, 1.54) is 18.4 Å². The van der Waals surface area contributed by atoms with Gasteiger partial charge in [0, 0.05) is 13.1 Å². The second-order valence-electron chi connectivity index (χ2n) is 4.20. The first-order chi connectivity index (χ1) is 8.22. The predicted molar refractivity (Wildman–Crippen MR) is 70.1 cm³/mol. The topological polar surface area (TPSA) is 72.9 Å². The second kappa shape index (κ2) is 5.44. The fourth-order valence-electron chi connectivity index (χ4n) is 1.95. The second-order valence-corrected chi connectivity index (χ2v) is 5.35. The standard InChI is InChI=1S/C11H18N4OS/c1-2-15-10(9(12)6-14-15)11(16)13-5-8-3-4-17-7-8/h6,8H,2-5,7,12H2,1H3,(H,13,16). The van der Waals surface area contributed by atoms with Gasteiger partial charge in [-0.2, -0.15) is 16.9 Å². The van der Waals surface area contributed by atoms with Crippen molar-refractivity contribution >= 4 is 23.4 Å². The van der Waals surface area contributed by atoms with Crippen LogP contribution in [0.15, 0.2) is 6.20 Å². The molecule has 1 aliphatic heterocycles. The van der Waals surface area contributed by atoms with Gasteiger partial charge in [-0.3, -0.25) is 9.48 Å². The molecule has 2 heterocycles. The summed E-state index contributed by atoms with van der Waals surface area (Å²) < 4.78 is 1.63. The van der Waals surface area contributed by atoms with E-state index in [9.17, 15) is 4.79 Å². The maximum Gasteiger partial charge on any atom is 0.271 e. The van der Waals surface area contributed by atoms with Gasteiger partial charge in [-0.05, 0) is 30.8 Å². The Kier molecular flexibility index (Phi) is 3.93. The molecule has 1 aromatic heterocycles. The van der Waals surface area contributed by atoms with Crippen molar-refractivity contribution in [1.82, 2.24) is 15.1 Å². The highest BCUT2D eigenvalue weighted by molar-refractivity contribution is 7.99. The molecule has 1 atom stereocenters. The highest BCUT2D eigenvalue weighted by Crippen LogP contribution is 2.22. The van der Waals surface area contributed by atoms with Gasteiger partial charge in [-0.15, -0.1) is 0 Å². The third kappa shape index (κ3) is 2.74. The number of anilines is 1. The predicted octanol–water partition coefficient (Wildman–Crippen LogP) is 0.968. The summed E-state index contributed by atoms with van der Waals surface area (Å²) in [5.41, 5.74) is 6.69. The smallest absolute Gasteiger partial charge is 0.271 e. The monoisotopic (exact) mass is 254 g/mol. The maximum atomic E-state index is 12.0. The Balaban J connectivity index is 1.96. The first-order valence-electron chi connectivity index (χ1n) is 5.89. The number of aryl methyl sites for hydroxylation is 1. The van der Waals surface area contributed by atoms with Crippen molar-refractivity contribution in [2.75, 3.05) is 23.8 Å². The molecular formula is C11H18N4OS. The number of thioether (sulfide) groups is 1. The Morgan fingerprint density at radius 3 is 3.24 bits per heavy atom. The normalized spacial score (nSPS) is 19.5. The van der Waals surface area contributed by atoms with E-state index >= 15 is 0 Å². The molecule has 17 heavy (non-hydrogen) atoms. The van der Waals surface area contributed by atoms with Crippen LogP contribution >= 0.6 is 11.8 Å². The Hall–Kier alpha value is -1.17. The SMILES string of the molecule is CCn1ncc(N)c1C(=O)NCC1CCSC1. The van der Waals surface area contributed by atoms with E-state index in [-0.39, 0.29) is 5.91 Å². The van der Waals surface area contributed by atoms with Gasteiger partial charge < -0.3 is 11.1 Å². The molecule has 5 nitrogen and oxygen atoms in total. The fourth-order valence-corrected chi connectivity index (χ4v) is 3.24.